The Morgan fingerprint density at radius 3 is 2.73 bits per heavy atom. The molecule has 1 fully saturated rings. The molecule has 0 radical (unpaired) electrons. The molecule has 1 aromatic heterocycles. The van der Waals surface area contributed by atoms with Crippen LogP contribution in [0.5, 0.6) is 11.5 Å². The van der Waals surface area contributed by atoms with E-state index in [1.54, 1.807) is 31.5 Å². The van der Waals surface area contributed by atoms with Gasteiger partial charge in [-0.05, 0) is 56.6 Å². The fraction of sp³-hybridized carbons (Fsp3) is 0.364. The zero-order chi connectivity index (χ0) is 20.9. The first kappa shape index (κ1) is 20.6. The second kappa shape index (κ2) is 9.45. The highest BCUT2D eigenvalue weighted by molar-refractivity contribution is 6.30. The second-order valence-electron chi connectivity index (χ2n) is 7.28. The quantitative estimate of drug-likeness (QED) is 0.505. The highest BCUT2D eigenvalue weighted by Crippen LogP contribution is 2.35. The maximum atomic E-state index is 14.2. The number of ether oxygens (including phenoxy) is 2. The van der Waals surface area contributed by atoms with Gasteiger partial charge in [0.2, 0.25) is 0 Å². The van der Waals surface area contributed by atoms with E-state index in [4.69, 9.17) is 21.1 Å². The Kier molecular flexibility index (Phi) is 6.50. The van der Waals surface area contributed by atoms with Crippen LogP contribution in [0.3, 0.4) is 0 Å². The van der Waals surface area contributed by atoms with Gasteiger partial charge in [-0.1, -0.05) is 11.6 Å². The Balaban J connectivity index is 1.52. The summed E-state index contributed by atoms with van der Waals surface area (Å²) in [7, 11) is 1.60. The van der Waals surface area contributed by atoms with Crippen molar-refractivity contribution in [2.24, 2.45) is 0 Å². The molecule has 1 N–H and O–H groups in total. The fourth-order valence-electron chi connectivity index (χ4n) is 3.65. The largest absolute Gasteiger partial charge is 0.493 e. The summed E-state index contributed by atoms with van der Waals surface area (Å²) in [5, 5.41) is 12.4. The minimum Gasteiger partial charge on any atom is -0.493 e. The summed E-state index contributed by atoms with van der Waals surface area (Å²) in [5.74, 6) is 0.768. The lowest BCUT2D eigenvalue weighted by atomic mass is 10.1. The fourth-order valence-corrected chi connectivity index (χ4v) is 3.81. The average Bonchev–Trinajstić information content (AvgIpc) is 3.26. The van der Waals surface area contributed by atoms with Gasteiger partial charge in [-0.3, -0.25) is 0 Å². The molecule has 6 nitrogen and oxygen atoms in total. The summed E-state index contributed by atoms with van der Waals surface area (Å²) in [5.41, 5.74) is 1.54. The molecule has 4 rings (SSSR count). The van der Waals surface area contributed by atoms with Gasteiger partial charge in [-0.25, -0.2) is 4.39 Å². The molecule has 1 aliphatic rings. The zero-order valence-corrected chi connectivity index (χ0v) is 17.6. The number of halogens is 2. The number of rotatable bonds is 8. The van der Waals surface area contributed by atoms with Crippen molar-refractivity contribution in [2.45, 2.75) is 19.3 Å². The first-order chi connectivity index (χ1) is 14.6. The molecule has 1 aliphatic heterocycles. The van der Waals surface area contributed by atoms with E-state index in [1.807, 2.05) is 6.07 Å². The molecule has 8 heteroatoms. The first-order valence-electron chi connectivity index (χ1n) is 10.0. The first-order valence-corrected chi connectivity index (χ1v) is 10.4. The van der Waals surface area contributed by atoms with Gasteiger partial charge in [0.1, 0.15) is 5.82 Å². The molecule has 0 saturated carbocycles. The van der Waals surface area contributed by atoms with Crippen LogP contribution in [0, 0.1) is 5.82 Å². The topological polar surface area (TPSA) is 59.5 Å². The molecule has 0 bridgehead atoms. The van der Waals surface area contributed by atoms with Crippen LogP contribution >= 0.6 is 11.6 Å². The van der Waals surface area contributed by atoms with Gasteiger partial charge in [0.05, 0.1) is 36.8 Å². The lowest BCUT2D eigenvalue weighted by molar-refractivity contribution is 0.254. The molecule has 0 aliphatic carbocycles. The molecule has 0 spiro atoms. The van der Waals surface area contributed by atoms with Crippen molar-refractivity contribution in [3.05, 3.63) is 47.4 Å². The van der Waals surface area contributed by atoms with E-state index in [1.165, 1.54) is 32.0 Å². The molecule has 2 heterocycles. The summed E-state index contributed by atoms with van der Waals surface area (Å²) in [6.07, 6.45) is 5.07. The molecule has 0 atom stereocenters. The van der Waals surface area contributed by atoms with Crippen LogP contribution in [0.15, 0.2) is 36.5 Å². The zero-order valence-electron chi connectivity index (χ0n) is 16.8. The SMILES string of the molecule is COc1cc2c(Nc3ccc(Cl)cc3F)cnnc2cc1OCCCN1CCCC1. The summed E-state index contributed by atoms with van der Waals surface area (Å²) in [4.78, 5) is 2.46. The summed E-state index contributed by atoms with van der Waals surface area (Å²) >= 11 is 5.84. The molecule has 3 aromatic rings. The molecule has 30 heavy (non-hydrogen) atoms. The predicted molar refractivity (Wildman–Crippen MR) is 117 cm³/mol. The van der Waals surface area contributed by atoms with Gasteiger partial charge in [0.25, 0.3) is 0 Å². The molecule has 2 aromatic carbocycles. The maximum Gasteiger partial charge on any atom is 0.163 e. The smallest absolute Gasteiger partial charge is 0.163 e. The van der Waals surface area contributed by atoms with Gasteiger partial charge in [-0.2, -0.15) is 10.2 Å². The van der Waals surface area contributed by atoms with Crippen LogP contribution in [0.2, 0.25) is 5.02 Å². The standard InChI is InChI=1S/C22H24ClFN4O2/c1-29-21-12-16-19(13-22(21)30-10-4-9-28-7-2-3-8-28)27-25-14-20(16)26-18-6-5-15(23)11-17(18)24/h5-6,11-14H,2-4,7-10H2,1H3,(H,26,27). The number of hydrogen-bond acceptors (Lipinski definition) is 6. The van der Waals surface area contributed by atoms with Gasteiger partial charge < -0.3 is 19.7 Å². The van der Waals surface area contributed by atoms with Crippen LogP contribution in [0.1, 0.15) is 19.3 Å². The average molecular weight is 431 g/mol. The minimum atomic E-state index is -0.447. The molecule has 1 saturated heterocycles. The number of anilines is 2. The second-order valence-corrected chi connectivity index (χ2v) is 7.71. The molecular weight excluding hydrogens is 407 g/mol. The Labute approximate surface area is 179 Å². The Bertz CT molecular complexity index is 1030. The number of hydrogen-bond donors (Lipinski definition) is 1. The number of aromatic nitrogens is 2. The maximum absolute atomic E-state index is 14.2. The summed E-state index contributed by atoms with van der Waals surface area (Å²) < 4.78 is 25.7. The number of nitrogens with zero attached hydrogens (tertiary/aromatic N) is 3. The number of likely N-dealkylation sites (tertiary alicyclic amines) is 1. The Hall–Kier alpha value is -2.64. The third kappa shape index (κ3) is 4.74. The normalized spacial score (nSPS) is 14.2. The lowest BCUT2D eigenvalue weighted by Gasteiger charge is -2.16. The predicted octanol–water partition coefficient (Wildman–Crippen LogP) is 5.04. The van der Waals surface area contributed by atoms with E-state index in [9.17, 15) is 4.39 Å². The van der Waals surface area contributed by atoms with Crippen molar-refractivity contribution < 1.29 is 13.9 Å². The van der Waals surface area contributed by atoms with E-state index < -0.39 is 5.82 Å². The van der Waals surface area contributed by atoms with Crippen molar-refractivity contribution >= 4 is 33.9 Å². The minimum absolute atomic E-state index is 0.301. The number of methoxy groups -OCH3 is 1. The van der Waals surface area contributed by atoms with Crippen molar-refractivity contribution in [3.8, 4) is 11.5 Å². The molecule has 0 amide bonds. The molecule has 158 valence electrons. The van der Waals surface area contributed by atoms with Crippen molar-refractivity contribution in [1.29, 1.82) is 0 Å². The van der Waals surface area contributed by atoms with Gasteiger partial charge in [0.15, 0.2) is 11.5 Å². The Morgan fingerprint density at radius 2 is 1.97 bits per heavy atom. The number of benzene rings is 2. The Morgan fingerprint density at radius 1 is 1.13 bits per heavy atom. The monoisotopic (exact) mass is 430 g/mol. The van der Waals surface area contributed by atoms with Crippen LogP contribution in [0.4, 0.5) is 15.8 Å². The van der Waals surface area contributed by atoms with E-state index in [2.05, 4.69) is 20.4 Å². The molecule has 0 unspecified atom stereocenters. The van der Waals surface area contributed by atoms with E-state index in [0.29, 0.717) is 40.0 Å². The van der Waals surface area contributed by atoms with E-state index in [0.717, 1.165) is 18.4 Å². The van der Waals surface area contributed by atoms with Crippen LogP contribution < -0.4 is 14.8 Å². The van der Waals surface area contributed by atoms with Crippen LogP contribution in [0.25, 0.3) is 10.9 Å². The van der Waals surface area contributed by atoms with Crippen molar-refractivity contribution in [3.63, 3.8) is 0 Å². The third-order valence-electron chi connectivity index (χ3n) is 5.20. The number of fused-ring (bicyclic) bond motifs is 1. The van der Waals surface area contributed by atoms with Crippen LogP contribution in [-0.4, -0.2) is 48.4 Å². The molecular formula is C22H24ClFN4O2. The van der Waals surface area contributed by atoms with E-state index in [-0.39, 0.29) is 0 Å². The van der Waals surface area contributed by atoms with Gasteiger partial charge in [-0.15, -0.1) is 0 Å². The van der Waals surface area contributed by atoms with Crippen molar-refractivity contribution in [1.82, 2.24) is 15.1 Å². The lowest BCUT2D eigenvalue weighted by Crippen LogP contribution is -2.21. The number of nitrogens with one attached hydrogen (secondary N) is 1. The highest BCUT2D eigenvalue weighted by Gasteiger charge is 2.14. The van der Waals surface area contributed by atoms with Crippen LogP contribution in [-0.2, 0) is 0 Å². The van der Waals surface area contributed by atoms with Gasteiger partial charge in [0, 0.05) is 23.0 Å². The third-order valence-corrected chi connectivity index (χ3v) is 5.43. The highest BCUT2D eigenvalue weighted by atomic mass is 35.5. The summed E-state index contributed by atoms with van der Waals surface area (Å²) in [6.45, 7) is 3.99. The summed E-state index contributed by atoms with van der Waals surface area (Å²) in [6, 6.07) is 8.10. The van der Waals surface area contributed by atoms with Crippen molar-refractivity contribution in [2.75, 3.05) is 38.7 Å². The van der Waals surface area contributed by atoms with Gasteiger partial charge >= 0.3 is 0 Å². The van der Waals surface area contributed by atoms with E-state index >= 15 is 0 Å².